The van der Waals surface area contributed by atoms with E-state index in [0.717, 1.165) is 37.6 Å². The molecule has 1 fully saturated rings. The van der Waals surface area contributed by atoms with Crippen molar-refractivity contribution in [2.75, 3.05) is 18.8 Å². The van der Waals surface area contributed by atoms with Crippen molar-refractivity contribution in [2.24, 2.45) is 0 Å². The Morgan fingerprint density at radius 1 is 1.44 bits per heavy atom. The number of aryl methyl sites for hydroxylation is 2. The Hall–Kier alpha value is -0.680. The topological polar surface area (TPSA) is 38.1 Å². The van der Waals surface area contributed by atoms with Crippen LogP contribution in [0.1, 0.15) is 26.1 Å². The van der Waals surface area contributed by atoms with E-state index in [1.165, 1.54) is 0 Å². The molecular weight excluding hydrogens is 246 g/mol. The molecule has 3 atom stereocenters. The average Bonchev–Trinajstić information content (AvgIpc) is 2.75. The number of nitrogens with zero attached hydrogens (tertiary/aromatic N) is 3. The van der Waals surface area contributed by atoms with Gasteiger partial charge in [0.1, 0.15) is 5.82 Å². The first-order valence-electron chi connectivity index (χ1n) is 6.68. The zero-order valence-electron chi connectivity index (χ0n) is 11.5. The van der Waals surface area contributed by atoms with Crippen molar-refractivity contribution in [1.29, 1.82) is 0 Å². The maximum Gasteiger partial charge on any atom is 0.105 e. The quantitative estimate of drug-likeness (QED) is 0.830. The van der Waals surface area contributed by atoms with Gasteiger partial charge in [0.2, 0.25) is 0 Å². The molecule has 0 saturated carbocycles. The highest BCUT2D eigenvalue weighted by molar-refractivity contribution is 7.85. The Bertz CT molecular complexity index is 418. The molecular formula is C13H23N3OS. The van der Waals surface area contributed by atoms with Crippen LogP contribution in [0.5, 0.6) is 0 Å². The van der Waals surface area contributed by atoms with Gasteiger partial charge in [-0.2, -0.15) is 0 Å². The fourth-order valence-electron chi connectivity index (χ4n) is 2.51. The molecule has 0 amide bonds. The van der Waals surface area contributed by atoms with E-state index in [-0.39, 0.29) is 0 Å². The number of aromatic nitrogens is 2. The smallest absolute Gasteiger partial charge is 0.105 e. The van der Waals surface area contributed by atoms with Crippen LogP contribution in [0.4, 0.5) is 0 Å². The van der Waals surface area contributed by atoms with E-state index in [4.69, 9.17) is 0 Å². The molecule has 0 aromatic carbocycles. The molecule has 2 rings (SSSR count). The van der Waals surface area contributed by atoms with Gasteiger partial charge in [-0.15, -0.1) is 0 Å². The Morgan fingerprint density at radius 3 is 2.89 bits per heavy atom. The Balaban J connectivity index is 1.80. The summed E-state index contributed by atoms with van der Waals surface area (Å²) in [7, 11) is -0.631. The summed E-state index contributed by atoms with van der Waals surface area (Å²) in [6.45, 7) is 9.42. The molecule has 1 aliphatic rings. The van der Waals surface area contributed by atoms with Crippen molar-refractivity contribution >= 4 is 10.8 Å². The summed E-state index contributed by atoms with van der Waals surface area (Å²) >= 11 is 0. The van der Waals surface area contributed by atoms with Crippen LogP contribution >= 0.6 is 0 Å². The van der Waals surface area contributed by atoms with E-state index in [9.17, 15) is 4.21 Å². The highest BCUT2D eigenvalue weighted by Crippen LogP contribution is 2.16. The monoisotopic (exact) mass is 269 g/mol. The number of hydrogen-bond donors (Lipinski definition) is 0. The van der Waals surface area contributed by atoms with Crippen LogP contribution in [0.25, 0.3) is 0 Å². The molecule has 0 radical (unpaired) electrons. The fourth-order valence-corrected chi connectivity index (χ4v) is 3.91. The molecule has 2 heterocycles. The number of rotatable bonds is 4. The second-order valence-electron chi connectivity index (χ2n) is 5.09. The molecule has 102 valence electrons. The van der Waals surface area contributed by atoms with Crippen LogP contribution in [0.3, 0.4) is 0 Å². The van der Waals surface area contributed by atoms with E-state index in [1.807, 2.05) is 19.3 Å². The fraction of sp³-hybridized carbons (Fsp3) is 0.769. The molecule has 1 aromatic heterocycles. The van der Waals surface area contributed by atoms with Crippen LogP contribution in [-0.4, -0.2) is 48.8 Å². The average molecular weight is 269 g/mol. The van der Waals surface area contributed by atoms with E-state index >= 15 is 0 Å². The third kappa shape index (κ3) is 3.01. The van der Waals surface area contributed by atoms with Gasteiger partial charge in [0, 0.05) is 59.9 Å². The zero-order valence-corrected chi connectivity index (χ0v) is 12.3. The van der Waals surface area contributed by atoms with E-state index < -0.39 is 10.8 Å². The Kier molecular flexibility index (Phi) is 4.56. The molecule has 1 aromatic rings. The summed E-state index contributed by atoms with van der Waals surface area (Å²) in [6.07, 6.45) is 5.01. The summed E-state index contributed by atoms with van der Waals surface area (Å²) in [5, 5.41) is 0.300. The van der Waals surface area contributed by atoms with Gasteiger partial charge in [-0.3, -0.25) is 9.11 Å². The van der Waals surface area contributed by atoms with Gasteiger partial charge in [0.25, 0.3) is 0 Å². The lowest BCUT2D eigenvalue weighted by atomic mass is 10.2. The summed E-state index contributed by atoms with van der Waals surface area (Å²) in [4.78, 5) is 6.70. The van der Waals surface area contributed by atoms with Crippen LogP contribution in [0.2, 0.25) is 0 Å². The standard InChI is InChI=1S/C13H23N3OS/c1-11-12(2)18(17)10-9-15(11)6-4-7-16-8-5-14-13(16)3/h5,8,11-12H,4,6-7,9-10H2,1-3H3/t11-,12-,18+/m1/s1. The lowest BCUT2D eigenvalue weighted by Gasteiger charge is -2.37. The van der Waals surface area contributed by atoms with E-state index in [0.29, 0.717) is 11.3 Å². The predicted octanol–water partition coefficient (Wildman–Crippen LogP) is 1.42. The molecule has 4 nitrogen and oxygen atoms in total. The third-order valence-corrected chi connectivity index (χ3v) is 5.83. The van der Waals surface area contributed by atoms with E-state index in [1.54, 1.807) is 0 Å². The van der Waals surface area contributed by atoms with Crippen molar-refractivity contribution in [2.45, 2.75) is 45.0 Å². The first kappa shape index (κ1) is 13.7. The Morgan fingerprint density at radius 2 is 2.22 bits per heavy atom. The maximum atomic E-state index is 11.7. The van der Waals surface area contributed by atoms with Gasteiger partial charge in [-0.1, -0.05) is 0 Å². The van der Waals surface area contributed by atoms with Crippen LogP contribution in [0.15, 0.2) is 12.4 Å². The second-order valence-corrected chi connectivity index (χ2v) is 7.00. The van der Waals surface area contributed by atoms with Crippen molar-refractivity contribution in [3.63, 3.8) is 0 Å². The van der Waals surface area contributed by atoms with Crippen LogP contribution in [0, 0.1) is 6.92 Å². The lowest BCUT2D eigenvalue weighted by Crippen LogP contribution is -2.50. The van der Waals surface area contributed by atoms with Crippen LogP contribution < -0.4 is 0 Å². The predicted molar refractivity (Wildman–Crippen MR) is 75.1 cm³/mol. The first-order valence-corrected chi connectivity index (χ1v) is 8.06. The summed E-state index contributed by atoms with van der Waals surface area (Å²) < 4.78 is 13.9. The molecule has 1 aliphatic heterocycles. The van der Waals surface area contributed by atoms with Gasteiger partial charge in [0.05, 0.1) is 0 Å². The molecule has 0 unspecified atom stereocenters. The van der Waals surface area contributed by atoms with Gasteiger partial charge < -0.3 is 4.57 Å². The number of hydrogen-bond acceptors (Lipinski definition) is 3. The first-order chi connectivity index (χ1) is 8.59. The third-order valence-electron chi connectivity index (χ3n) is 4.02. The minimum Gasteiger partial charge on any atom is -0.335 e. The van der Waals surface area contributed by atoms with Crippen molar-refractivity contribution in [1.82, 2.24) is 14.5 Å². The summed E-state index contributed by atoms with van der Waals surface area (Å²) in [6, 6.07) is 0.434. The molecule has 0 aliphatic carbocycles. The van der Waals surface area contributed by atoms with Gasteiger partial charge >= 0.3 is 0 Å². The molecule has 18 heavy (non-hydrogen) atoms. The second kappa shape index (κ2) is 5.97. The number of imidazole rings is 1. The zero-order chi connectivity index (χ0) is 13.1. The van der Waals surface area contributed by atoms with Gasteiger partial charge in [-0.25, -0.2) is 4.98 Å². The SMILES string of the molecule is Cc1nccn1CCCN1CC[S@](=O)[C@H](C)[C@H]1C. The highest BCUT2D eigenvalue weighted by atomic mass is 32.2. The summed E-state index contributed by atoms with van der Waals surface area (Å²) in [5.74, 6) is 1.91. The normalized spacial score (nSPS) is 29.6. The molecule has 0 spiro atoms. The Labute approximate surface area is 112 Å². The van der Waals surface area contributed by atoms with Gasteiger partial charge in [-0.05, 0) is 27.2 Å². The molecule has 0 N–H and O–H groups in total. The van der Waals surface area contributed by atoms with Crippen molar-refractivity contribution < 1.29 is 4.21 Å². The van der Waals surface area contributed by atoms with Crippen molar-refractivity contribution in [3.05, 3.63) is 18.2 Å². The van der Waals surface area contributed by atoms with E-state index in [2.05, 4.69) is 28.3 Å². The largest absolute Gasteiger partial charge is 0.335 e. The van der Waals surface area contributed by atoms with Crippen molar-refractivity contribution in [3.8, 4) is 0 Å². The lowest BCUT2D eigenvalue weighted by molar-refractivity contribution is 0.204. The highest BCUT2D eigenvalue weighted by Gasteiger charge is 2.29. The molecule has 5 heteroatoms. The maximum absolute atomic E-state index is 11.7. The molecule has 1 saturated heterocycles. The minimum absolute atomic E-state index is 0.300. The van der Waals surface area contributed by atoms with Crippen LogP contribution in [-0.2, 0) is 17.3 Å². The summed E-state index contributed by atoms with van der Waals surface area (Å²) in [5.41, 5.74) is 0. The molecule has 0 bridgehead atoms. The van der Waals surface area contributed by atoms with Gasteiger partial charge in [0.15, 0.2) is 0 Å². The minimum atomic E-state index is -0.631.